The highest BCUT2D eigenvalue weighted by Gasteiger charge is 2.36. The monoisotopic (exact) mass is 519 g/mol. The minimum Gasteiger partial charge on any atom is -0.308 e. The van der Waals surface area contributed by atoms with Gasteiger partial charge in [0.1, 0.15) is 6.29 Å². The van der Waals surface area contributed by atoms with E-state index in [1.54, 1.807) is 38.1 Å². The minimum atomic E-state index is -4.41. The second-order valence-corrected chi connectivity index (χ2v) is 11.3. The topological polar surface area (TPSA) is 72.9 Å². The standard InChI is InChI=1S/C21H21Cl2FNO5PS/c1-3-29-31(26,30-4-2)14-25(20-11-7-9-15-8-5-6-10-17(15)20)32(27,28)16-12-18(22)21(24)19(23)13-16/h5-13H,3-4,14H2,1-2H3. The summed E-state index contributed by atoms with van der Waals surface area (Å²) in [7, 11) is -8.27. The first-order valence-corrected chi connectivity index (χ1v) is 13.6. The van der Waals surface area contributed by atoms with Gasteiger partial charge in [0, 0.05) is 5.39 Å². The molecule has 0 aliphatic carbocycles. The lowest BCUT2D eigenvalue weighted by atomic mass is 10.1. The van der Waals surface area contributed by atoms with Crippen LogP contribution in [0.5, 0.6) is 0 Å². The van der Waals surface area contributed by atoms with Crippen molar-refractivity contribution in [2.45, 2.75) is 18.7 Å². The van der Waals surface area contributed by atoms with E-state index in [0.29, 0.717) is 5.39 Å². The zero-order chi connectivity index (χ0) is 23.5. The number of hydrogen-bond donors (Lipinski definition) is 0. The Labute approximate surface area is 196 Å². The number of fused-ring (bicyclic) bond motifs is 1. The van der Waals surface area contributed by atoms with Gasteiger partial charge < -0.3 is 9.05 Å². The fourth-order valence-electron chi connectivity index (χ4n) is 3.19. The third-order valence-corrected chi connectivity index (χ3v) is 8.95. The van der Waals surface area contributed by atoms with E-state index in [1.165, 1.54) is 0 Å². The van der Waals surface area contributed by atoms with Crippen LogP contribution in [0.15, 0.2) is 59.5 Å². The van der Waals surface area contributed by atoms with Gasteiger partial charge in [-0.2, -0.15) is 0 Å². The van der Waals surface area contributed by atoms with Crippen molar-refractivity contribution in [3.05, 3.63) is 70.5 Å². The smallest absolute Gasteiger partial charge is 0.308 e. The van der Waals surface area contributed by atoms with Crippen molar-refractivity contribution in [3.63, 3.8) is 0 Å². The predicted molar refractivity (Wildman–Crippen MR) is 126 cm³/mol. The molecule has 0 radical (unpaired) electrons. The molecule has 0 amide bonds. The van der Waals surface area contributed by atoms with Crippen molar-refractivity contribution in [1.82, 2.24) is 0 Å². The van der Waals surface area contributed by atoms with Gasteiger partial charge in [0.05, 0.1) is 33.8 Å². The van der Waals surface area contributed by atoms with Crippen LogP contribution in [-0.4, -0.2) is 27.9 Å². The number of hydrogen-bond acceptors (Lipinski definition) is 5. The van der Waals surface area contributed by atoms with E-state index < -0.39 is 39.8 Å². The summed E-state index contributed by atoms with van der Waals surface area (Å²) in [6.07, 6.45) is -0.600. The summed E-state index contributed by atoms with van der Waals surface area (Å²) < 4.78 is 66.4. The molecule has 0 bridgehead atoms. The minimum absolute atomic E-state index is 0.0505. The van der Waals surface area contributed by atoms with E-state index in [0.717, 1.165) is 21.8 Å². The Morgan fingerprint density at radius 2 is 1.53 bits per heavy atom. The summed E-state index contributed by atoms with van der Waals surface area (Å²) >= 11 is 11.7. The molecule has 0 saturated carbocycles. The molecule has 0 spiro atoms. The molecule has 0 fully saturated rings. The molecule has 172 valence electrons. The molecule has 0 atom stereocenters. The Kier molecular flexibility index (Phi) is 7.86. The van der Waals surface area contributed by atoms with Crippen LogP contribution in [0.25, 0.3) is 10.8 Å². The second kappa shape index (κ2) is 10.1. The molecular weight excluding hydrogens is 499 g/mol. The van der Waals surface area contributed by atoms with E-state index in [-0.39, 0.29) is 23.8 Å². The van der Waals surface area contributed by atoms with Crippen LogP contribution in [0, 0.1) is 5.82 Å². The van der Waals surface area contributed by atoms with Crippen molar-refractivity contribution < 1.29 is 26.4 Å². The normalized spacial score (nSPS) is 12.3. The molecule has 0 N–H and O–H groups in total. The number of benzene rings is 3. The first-order chi connectivity index (χ1) is 15.1. The Bertz CT molecular complexity index is 1250. The van der Waals surface area contributed by atoms with Crippen LogP contribution < -0.4 is 4.31 Å². The van der Waals surface area contributed by atoms with Crippen LogP contribution in [-0.2, 0) is 23.6 Å². The number of rotatable bonds is 9. The molecule has 0 aliphatic rings. The summed E-state index contributed by atoms with van der Waals surface area (Å²) in [5, 5.41) is 0.457. The lowest BCUT2D eigenvalue weighted by Crippen LogP contribution is -2.33. The van der Waals surface area contributed by atoms with Crippen LogP contribution in [0.1, 0.15) is 13.8 Å². The fraction of sp³-hybridized carbons (Fsp3) is 0.238. The van der Waals surface area contributed by atoms with E-state index >= 15 is 0 Å². The van der Waals surface area contributed by atoms with Crippen LogP contribution >= 0.6 is 30.8 Å². The van der Waals surface area contributed by atoms with Gasteiger partial charge >= 0.3 is 7.60 Å². The maximum absolute atomic E-state index is 13.9. The molecule has 0 aliphatic heterocycles. The SMILES string of the molecule is CCOP(=O)(CN(c1cccc2ccccc12)S(=O)(=O)c1cc(Cl)c(F)c(Cl)c1)OCC. The number of sulfonamides is 1. The van der Waals surface area contributed by atoms with E-state index in [2.05, 4.69) is 0 Å². The molecule has 3 rings (SSSR count). The molecule has 32 heavy (non-hydrogen) atoms. The number of anilines is 1. The van der Waals surface area contributed by atoms with Crippen molar-refractivity contribution in [3.8, 4) is 0 Å². The van der Waals surface area contributed by atoms with Gasteiger partial charge in [0.15, 0.2) is 5.82 Å². The number of halogens is 3. The molecule has 3 aromatic carbocycles. The lowest BCUT2D eigenvalue weighted by Gasteiger charge is -2.29. The fourth-order valence-corrected chi connectivity index (χ4v) is 7.53. The van der Waals surface area contributed by atoms with Gasteiger partial charge in [-0.25, -0.2) is 12.8 Å². The second-order valence-electron chi connectivity index (χ2n) is 6.64. The molecule has 3 aromatic rings. The van der Waals surface area contributed by atoms with Gasteiger partial charge in [-0.05, 0) is 37.4 Å². The van der Waals surface area contributed by atoms with Crippen LogP contribution in [0.3, 0.4) is 0 Å². The Balaban J connectivity index is 2.26. The first-order valence-electron chi connectivity index (χ1n) is 9.66. The Morgan fingerprint density at radius 1 is 0.969 bits per heavy atom. The van der Waals surface area contributed by atoms with Crippen molar-refractivity contribution in [1.29, 1.82) is 0 Å². The highest BCUT2D eigenvalue weighted by Crippen LogP contribution is 2.51. The number of nitrogens with zero attached hydrogens (tertiary/aromatic N) is 1. The third-order valence-electron chi connectivity index (χ3n) is 4.53. The molecule has 0 aromatic heterocycles. The van der Waals surface area contributed by atoms with E-state index in [4.69, 9.17) is 32.2 Å². The lowest BCUT2D eigenvalue weighted by molar-refractivity contribution is 0.221. The molecule has 6 nitrogen and oxygen atoms in total. The van der Waals surface area contributed by atoms with Gasteiger partial charge in [-0.3, -0.25) is 8.87 Å². The average Bonchev–Trinajstić information content (AvgIpc) is 2.75. The van der Waals surface area contributed by atoms with Crippen LogP contribution in [0.2, 0.25) is 10.0 Å². The Hall–Kier alpha value is -1.67. The van der Waals surface area contributed by atoms with Gasteiger partial charge in [-0.1, -0.05) is 59.6 Å². The highest BCUT2D eigenvalue weighted by molar-refractivity contribution is 7.93. The van der Waals surface area contributed by atoms with Gasteiger partial charge in [-0.15, -0.1) is 0 Å². The molecule has 0 unspecified atom stereocenters. The summed E-state index contributed by atoms with van der Waals surface area (Å²) in [5.41, 5.74) is 0.249. The van der Waals surface area contributed by atoms with E-state index in [9.17, 15) is 17.4 Å². The highest BCUT2D eigenvalue weighted by atomic mass is 35.5. The van der Waals surface area contributed by atoms with Gasteiger partial charge in [0.25, 0.3) is 10.0 Å². The van der Waals surface area contributed by atoms with Crippen LogP contribution in [0.4, 0.5) is 10.1 Å². The molecule has 0 saturated heterocycles. The molecule has 11 heteroatoms. The third kappa shape index (κ3) is 5.11. The summed E-state index contributed by atoms with van der Waals surface area (Å²) in [6.45, 7) is 3.35. The summed E-state index contributed by atoms with van der Waals surface area (Å²) in [6, 6.07) is 14.1. The van der Waals surface area contributed by atoms with Crippen molar-refractivity contribution in [2.75, 3.05) is 23.8 Å². The molecular formula is C21H21Cl2FNO5PS. The van der Waals surface area contributed by atoms with Crippen molar-refractivity contribution >= 4 is 57.3 Å². The average molecular weight is 520 g/mol. The summed E-state index contributed by atoms with van der Waals surface area (Å²) in [4.78, 5) is -0.360. The maximum Gasteiger partial charge on any atom is 0.350 e. The molecule has 0 heterocycles. The van der Waals surface area contributed by atoms with Crippen molar-refractivity contribution in [2.24, 2.45) is 0 Å². The first kappa shape index (κ1) is 25.0. The zero-order valence-corrected chi connectivity index (χ0v) is 20.5. The maximum atomic E-state index is 13.9. The largest absolute Gasteiger partial charge is 0.350 e. The summed E-state index contributed by atoms with van der Waals surface area (Å²) in [5.74, 6) is -0.932. The zero-order valence-electron chi connectivity index (χ0n) is 17.3. The Morgan fingerprint density at radius 3 is 2.12 bits per heavy atom. The van der Waals surface area contributed by atoms with Gasteiger partial charge in [0.2, 0.25) is 0 Å². The predicted octanol–water partition coefficient (Wildman–Crippen LogP) is 6.70. The van der Waals surface area contributed by atoms with E-state index in [1.807, 2.05) is 18.2 Å². The quantitative estimate of drug-likeness (QED) is 0.232.